The summed E-state index contributed by atoms with van der Waals surface area (Å²) in [4.78, 5) is 17.0. The molecule has 3 aromatic heterocycles. The third-order valence-electron chi connectivity index (χ3n) is 2.44. The van der Waals surface area contributed by atoms with Crippen LogP contribution in [0.15, 0.2) is 35.6 Å². The van der Waals surface area contributed by atoms with Crippen LogP contribution in [0.5, 0.6) is 0 Å². The molecule has 20 heavy (non-hydrogen) atoms. The molecule has 0 atom stereocenters. The van der Waals surface area contributed by atoms with E-state index in [9.17, 15) is 0 Å². The molecule has 9 heteroatoms. The summed E-state index contributed by atoms with van der Waals surface area (Å²) in [6.45, 7) is 2.69. The van der Waals surface area contributed by atoms with E-state index in [1.807, 2.05) is 6.92 Å². The Morgan fingerprint density at radius 1 is 1.25 bits per heavy atom. The highest BCUT2D eigenvalue weighted by Crippen LogP contribution is 2.12. The van der Waals surface area contributed by atoms with Crippen molar-refractivity contribution < 1.29 is 0 Å². The molecule has 1 N–H and O–H groups in total. The van der Waals surface area contributed by atoms with Crippen molar-refractivity contribution in [1.29, 1.82) is 0 Å². The molecule has 0 aliphatic heterocycles. The van der Waals surface area contributed by atoms with Crippen molar-refractivity contribution in [2.24, 2.45) is 0 Å². The highest BCUT2D eigenvalue weighted by Gasteiger charge is 2.10. The Morgan fingerprint density at radius 2 is 2.10 bits per heavy atom. The van der Waals surface area contributed by atoms with Gasteiger partial charge in [-0.3, -0.25) is 4.57 Å². The van der Waals surface area contributed by atoms with E-state index >= 15 is 0 Å². The fourth-order valence-electron chi connectivity index (χ4n) is 1.60. The SMILES string of the molecule is CCNc1nc(-n2ccnc2)nc(-n2cc(Br)cn2)n1. The standard InChI is InChI=1S/C11H11BrN8/c1-2-14-9-16-10(19-4-3-13-7-19)18-11(17-9)20-6-8(12)5-15-20/h3-7H,2H2,1H3,(H,14,16,17,18). The van der Waals surface area contributed by atoms with Crippen LogP contribution in [0.2, 0.25) is 0 Å². The Bertz CT molecular complexity index is 705. The van der Waals surface area contributed by atoms with Gasteiger partial charge in [-0.15, -0.1) is 0 Å². The third kappa shape index (κ3) is 2.52. The third-order valence-corrected chi connectivity index (χ3v) is 2.85. The van der Waals surface area contributed by atoms with Crippen molar-refractivity contribution >= 4 is 21.9 Å². The maximum atomic E-state index is 4.38. The zero-order valence-electron chi connectivity index (χ0n) is 10.6. The first-order valence-corrected chi connectivity index (χ1v) is 6.74. The first-order chi connectivity index (χ1) is 9.76. The van der Waals surface area contributed by atoms with E-state index in [1.54, 1.807) is 40.4 Å². The average Bonchev–Trinajstić information content (AvgIpc) is 3.09. The molecule has 0 spiro atoms. The summed E-state index contributed by atoms with van der Waals surface area (Å²) in [7, 11) is 0. The molecule has 3 aromatic rings. The van der Waals surface area contributed by atoms with Crippen LogP contribution in [-0.4, -0.2) is 40.8 Å². The first-order valence-electron chi connectivity index (χ1n) is 5.95. The van der Waals surface area contributed by atoms with Crippen LogP contribution in [-0.2, 0) is 0 Å². The monoisotopic (exact) mass is 334 g/mol. The average molecular weight is 335 g/mol. The highest BCUT2D eigenvalue weighted by atomic mass is 79.9. The Hall–Kier alpha value is -2.29. The maximum Gasteiger partial charge on any atom is 0.257 e. The minimum atomic E-state index is 0.436. The van der Waals surface area contributed by atoms with Crippen LogP contribution >= 0.6 is 15.9 Å². The number of nitrogens with zero attached hydrogens (tertiary/aromatic N) is 7. The second-order valence-electron chi connectivity index (χ2n) is 3.86. The summed E-state index contributed by atoms with van der Waals surface area (Å²) in [6, 6.07) is 0. The lowest BCUT2D eigenvalue weighted by Gasteiger charge is -2.07. The second kappa shape index (κ2) is 5.37. The fourth-order valence-corrected chi connectivity index (χ4v) is 1.88. The number of nitrogens with one attached hydrogen (secondary N) is 1. The quantitative estimate of drug-likeness (QED) is 0.776. The Labute approximate surface area is 123 Å². The summed E-state index contributed by atoms with van der Waals surface area (Å²) in [5.41, 5.74) is 0. The van der Waals surface area contributed by atoms with Gasteiger partial charge in [-0.1, -0.05) is 0 Å². The number of rotatable bonds is 4. The summed E-state index contributed by atoms with van der Waals surface area (Å²) in [5, 5.41) is 7.25. The molecular formula is C11H11BrN8. The van der Waals surface area contributed by atoms with E-state index in [0.29, 0.717) is 17.8 Å². The van der Waals surface area contributed by atoms with E-state index in [1.165, 1.54) is 0 Å². The van der Waals surface area contributed by atoms with E-state index < -0.39 is 0 Å². The van der Waals surface area contributed by atoms with Crippen molar-refractivity contribution in [1.82, 2.24) is 34.3 Å². The molecule has 3 heterocycles. The van der Waals surface area contributed by atoms with Gasteiger partial charge < -0.3 is 5.32 Å². The lowest BCUT2D eigenvalue weighted by atomic mass is 10.7. The Balaban J connectivity index is 2.09. The van der Waals surface area contributed by atoms with Crippen LogP contribution in [0.3, 0.4) is 0 Å². The minimum absolute atomic E-state index is 0.436. The number of anilines is 1. The van der Waals surface area contributed by atoms with E-state index in [2.05, 4.69) is 46.3 Å². The molecule has 0 aliphatic rings. The molecule has 0 unspecified atom stereocenters. The number of imidazole rings is 1. The largest absolute Gasteiger partial charge is 0.354 e. The fraction of sp³-hybridized carbons (Fsp3) is 0.182. The Kier molecular flexibility index (Phi) is 3.42. The van der Waals surface area contributed by atoms with Crippen LogP contribution in [0.4, 0.5) is 5.95 Å². The van der Waals surface area contributed by atoms with Crippen molar-refractivity contribution in [3.8, 4) is 11.9 Å². The molecule has 102 valence electrons. The summed E-state index contributed by atoms with van der Waals surface area (Å²) >= 11 is 3.35. The smallest absolute Gasteiger partial charge is 0.257 e. The zero-order valence-corrected chi connectivity index (χ0v) is 12.2. The van der Waals surface area contributed by atoms with E-state index in [-0.39, 0.29) is 0 Å². The molecule has 3 rings (SSSR count). The number of hydrogen-bond acceptors (Lipinski definition) is 6. The normalized spacial score (nSPS) is 10.7. The van der Waals surface area contributed by atoms with Crippen molar-refractivity contribution in [3.63, 3.8) is 0 Å². The van der Waals surface area contributed by atoms with Crippen LogP contribution in [0, 0.1) is 0 Å². The Morgan fingerprint density at radius 3 is 2.75 bits per heavy atom. The van der Waals surface area contributed by atoms with Gasteiger partial charge >= 0.3 is 0 Å². The molecule has 8 nitrogen and oxygen atoms in total. The molecule has 0 bridgehead atoms. The van der Waals surface area contributed by atoms with Gasteiger partial charge in [0.05, 0.1) is 10.7 Å². The lowest BCUT2D eigenvalue weighted by molar-refractivity contribution is 0.774. The maximum absolute atomic E-state index is 4.38. The minimum Gasteiger partial charge on any atom is -0.354 e. The van der Waals surface area contributed by atoms with Crippen LogP contribution in [0.25, 0.3) is 11.9 Å². The van der Waals surface area contributed by atoms with E-state index in [4.69, 9.17) is 0 Å². The highest BCUT2D eigenvalue weighted by molar-refractivity contribution is 9.10. The van der Waals surface area contributed by atoms with E-state index in [0.717, 1.165) is 11.0 Å². The second-order valence-corrected chi connectivity index (χ2v) is 4.78. The van der Waals surface area contributed by atoms with Crippen molar-refractivity contribution in [2.75, 3.05) is 11.9 Å². The van der Waals surface area contributed by atoms with Gasteiger partial charge in [-0.05, 0) is 22.9 Å². The van der Waals surface area contributed by atoms with Gasteiger partial charge in [-0.2, -0.15) is 20.1 Å². The van der Waals surface area contributed by atoms with Crippen molar-refractivity contribution in [2.45, 2.75) is 6.92 Å². The van der Waals surface area contributed by atoms with Gasteiger partial charge in [0.15, 0.2) is 0 Å². The summed E-state index contributed by atoms with van der Waals surface area (Å²) in [6.07, 6.45) is 8.53. The van der Waals surface area contributed by atoms with Gasteiger partial charge in [0, 0.05) is 25.1 Å². The predicted molar refractivity (Wildman–Crippen MR) is 75.9 cm³/mol. The van der Waals surface area contributed by atoms with Gasteiger partial charge in [0.25, 0.3) is 5.95 Å². The first kappa shape index (κ1) is 12.7. The number of aromatic nitrogens is 7. The zero-order chi connectivity index (χ0) is 13.9. The van der Waals surface area contributed by atoms with Crippen LogP contribution < -0.4 is 5.32 Å². The summed E-state index contributed by atoms with van der Waals surface area (Å²) < 4.78 is 4.14. The molecule has 0 amide bonds. The van der Waals surface area contributed by atoms with Gasteiger partial charge in [0.1, 0.15) is 6.33 Å². The topological polar surface area (TPSA) is 86.3 Å². The number of halogens is 1. The van der Waals surface area contributed by atoms with Gasteiger partial charge in [0.2, 0.25) is 11.9 Å². The van der Waals surface area contributed by atoms with Gasteiger partial charge in [-0.25, -0.2) is 9.67 Å². The molecule has 0 radical (unpaired) electrons. The predicted octanol–water partition coefficient (Wildman–Crippen LogP) is 1.44. The molecule has 0 saturated heterocycles. The lowest BCUT2D eigenvalue weighted by Crippen LogP contribution is -2.12. The molecular weight excluding hydrogens is 324 g/mol. The summed E-state index contributed by atoms with van der Waals surface area (Å²) in [5.74, 6) is 1.41. The molecule has 0 aliphatic carbocycles. The van der Waals surface area contributed by atoms with Crippen molar-refractivity contribution in [3.05, 3.63) is 35.6 Å². The molecule has 0 fully saturated rings. The van der Waals surface area contributed by atoms with Crippen LogP contribution in [0.1, 0.15) is 6.92 Å². The molecule has 0 aromatic carbocycles. The molecule has 0 saturated carbocycles. The number of hydrogen-bond donors (Lipinski definition) is 1.